The molecule has 0 amide bonds. The van der Waals surface area contributed by atoms with Crippen molar-refractivity contribution < 1.29 is 14.6 Å². The molecule has 2 aromatic heterocycles. The van der Waals surface area contributed by atoms with Crippen LogP contribution in [0.15, 0.2) is 18.6 Å². The van der Waals surface area contributed by atoms with Crippen LogP contribution in [0.3, 0.4) is 0 Å². The molecule has 0 saturated carbocycles. The van der Waals surface area contributed by atoms with E-state index in [1.165, 1.54) is 25.7 Å². The van der Waals surface area contributed by atoms with E-state index in [2.05, 4.69) is 20.2 Å². The highest BCUT2D eigenvalue weighted by Gasteiger charge is 2.13. The zero-order valence-electron chi connectivity index (χ0n) is 8.34. The highest BCUT2D eigenvalue weighted by molar-refractivity contribution is 5.91. The van der Waals surface area contributed by atoms with Gasteiger partial charge in [0.15, 0.2) is 5.82 Å². The second-order valence-electron chi connectivity index (χ2n) is 2.91. The van der Waals surface area contributed by atoms with Gasteiger partial charge in [-0.3, -0.25) is 10.1 Å². The van der Waals surface area contributed by atoms with Gasteiger partial charge in [-0.05, 0) is 0 Å². The number of aromatic carboxylic acids is 1. The summed E-state index contributed by atoms with van der Waals surface area (Å²) >= 11 is 0. The Hall–Kier alpha value is -2.44. The Kier molecular flexibility index (Phi) is 2.50. The maximum absolute atomic E-state index is 10.8. The molecule has 0 aliphatic carbocycles. The minimum Gasteiger partial charge on any atom is -0.496 e. The van der Waals surface area contributed by atoms with Gasteiger partial charge in [-0.25, -0.2) is 9.78 Å². The van der Waals surface area contributed by atoms with E-state index in [1.54, 1.807) is 0 Å². The Bertz CT molecular complexity index is 509. The second-order valence-corrected chi connectivity index (χ2v) is 2.91. The maximum Gasteiger partial charge on any atom is 0.341 e. The standard InChI is InChI=1S/C9H8N4O3/c1-16-7-2-6(8-11-4-12-13-8)10-3-5(7)9(14)15/h2-4H,1H3,(H,14,15)(H,11,12,13). The predicted octanol–water partition coefficient (Wildman–Crippen LogP) is 0.573. The van der Waals surface area contributed by atoms with Crippen LogP contribution in [0.2, 0.25) is 0 Å². The summed E-state index contributed by atoms with van der Waals surface area (Å²) in [4.78, 5) is 18.7. The van der Waals surface area contributed by atoms with Crippen LogP contribution in [0.25, 0.3) is 11.5 Å². The molecule has 2 heterocycles. The van der Waals surface area contributed by atoms with Crippen LogP contribution in [-0.2, 0) is 0 Å². The predicted molar refractivity (Wildman–Crippen MR) is 53.1 cm³/mol. The third-order valence-electron chi connectivity index (χ3n) is 1.97. The molecule has 16 heavy (non-hydrogen) atoms. The Labute approximate surface area is 90.1 Å². The summed E-state index contributed by atoms with van der Waals surface area (Å²) in [7, 11) is 1.39. The highest BCUT2D eigenvalue weighted by Crippen LogP contribution is 2.22. The van der Waals surface area contributed by atoms with E-state index in [4.69, 9.17) is 9.84 Å². The molecule has 0 aromatic carbocycles. The number of pyridine rings is 1. The normalized spacial score (nSPS) is 10.1. The molecule has 0 spiro atoms. The molecule has 0 atom stereocenters. The Balaban J connectivity index is 2.49. The molecule has 0 aliphatic rings. The van der Waals surface area contributed by atoms with E-state index in [0.717, 1.165) is 0 Å². The molecule has 2 aromatic rings. The molecule has 0 unspecified atom stereocenters. The Morgan fingerprint density at radius 1 is 1.50 bits per heavy atom. The number of hydrogen-bond acceptors (Lipinski definition) is 5. The van der Waals surface area contributed by atoms with Gasteiger partial charge in [0.25, 0.3) is 0 Å². The van der Waals surface area contributed by atoms with Gasteiger partial charge in [-0.15, -0.1) is 0 Å². The van der Waals surface area contributed by atoms with Crippen LogP contribution in [0.5, 0.6) is 5.75 Å². The number of H-pyrrole nitrogens is 1. The molecular formula is C9H8N4O3. The largest absolute Gasteiger partial charge is 0.496 e. The summed E-state index contributed by atoms with van der Waals surface area (Å²) in [6, 6.07) is 1.49. The summed E-state index contributed by atoms with van der Waals surface area (Å²) in [5.74, 6) is -0.405. The fourth-order valence-corrected chi connectivity index (χ4v) is 1.22. The highest BCUT2D eigenvalue weighted by atomic mass is 16.5. The molecule has 0 fully saturated rings. The quantitative estimate of drug-likeness (QED) is 0.784. The van der Waals surface area contributed by atoms with Crippen molar-refractivity contribution in [2.24, 2.45) is 0 Å². The lowest BCUT2D eigenvalue weighted by molar-refractivity contribution is 0.0693. The second kappa shape index (κ2) is 3.97. The van der Waals surface area contributed by atoms with Crippen molar-refractivity contribution in [1.29, 1.82) is 0 Å². The van der Waals surface area contributed by atoms with Gasteiger partial charge in [0.1, 0.15) is 23.3 Å². The SMILES string of the molecule is COc1cc(-c2ncn[nH]2)ncc1C(=O)O. The maximum atomic E-state index is 10.8. The topological polar surface area (TPSA) is 101 Å². The van der Waals surface area contributed by atoms with E-state index in [-0.39, 0.29) is 11.3 Å². The number of aromatic nitrogens is 4. The van der Waals surface area contributed by atoms with Gasteiger partial charge in [0.05, 0.1) is 7.11 Å². The summed E-state index contributed by atoms with van der Waals surface area (Å²) in [6.07, 6.45) is 2.56. The van der Waals surface area contributed by atoms with Gasteiger partial charge in [-0.2, -0.15) is 5.10 Å². The first-order valence-electron chi connectivity index (χ1n) is 4.35. The van der Waals surface area contributed by atoms with Crippen molar-refractivity contribution in [1.82, 2.24) is 20.2 Å². The zero-order valence-corrected chi connectivity index (χ0v) is 8.34. The summed E-state index contributed by atoms with van der Waals surface area (Å²) in [5, 5.41) is 15.2. The van der Waals surface area contributed by atoms with E-state index >= 15 is 0 Å². The number of aromatic amines is 1. The van der Waals surface area contributed by atoms with Gasteiger partial charge in [0, 0.05) is 12.3 Å². The van der Waals surface area contributed by atoms with Crippen molar-refractivity contribution in [3.05, 3.63) is 24.2 Å². The van der Waals surface area contributed by atoms with Crippen molar-refractivity contribution in [2.75, 3.05) is 7.11 Å². The number of carboxylic acid groups (broad SMARTS) is 1. The summed E-state index contributed by atoms with van der Waals surface area (Å²) < 4.78 is 4.96. The third-order valence-corrected chi connectivity index (χ3v) is 1.97. The van der Waals surface area contributed by atoms with Crippen molar-refractivity contribution in [2.45, 2.75) is 0 Å². The van der Waals surface area contributed by atoms with Gasteiger partial charge in [-0.1, -0.05) is 0 Å². The van der Waals surface area contributed by atoms with Crippen LogP contribution in [-0.4, -0.2) is 38.4 Å². The number of ether oxygens (including phenoxy) is 1. The lowest BCUT2D eigenvalue weighted by atomic mass is 10.2. The Morgan fingerprint density at radius 2 is 2.31 bits per heavy atom. The van der Waals surface area contributed by atoms with Crippen LogP contribution in [0.1, 0.15) is 10.4 Å². The zero-order chi connectivity index (χ0) is 11.5. The van der Waals surface area contributed by atoms with Crippen LogP contribution in [0.4, 0.5) is 0 Å². The first-order chi connectivity index (χ1) is 7.72. The van der Waals surface area contributed by atoms with E-state index in [0.29, 0.717) is 11.5 Å². The van der Waals surface area contributed by atoms with Crippen molar-refractivity contribution in [3.8, 4) is 17.3 Å². The third kappa shape index (κ3) is 1.70. The lowest BCUT2D eigenvalue weighted by Crippen LogP contribution is -2.02. The first kappa shape index (κ1) is 10.1. The fraction of sp³-hybridized carbons (Fsp3) is 0.111. The number of hydrogen-bond donors (Lipinski definition) is 2. The van der Waals surface area contributed by atoms with Gasteiger partial charge < -0.3 is 9.84 Å². The van der Waals surface area contributed by atoms with Crippen molar-refractivity contribution in [3.63, 3.8) is 0 Å². The van der Waals surface area contributed by atoms with Crippen LogP contribution >= 0.6 is 0 Å². The average molecular weight is 220 g/mol. The van der Waals surface area contributed by atoms with E-state index in [1.807, 2.05) is 0 Å². The molecule has 0 saturated heterocycles. The minimum absolute atomic E-state index is 0.00534. The molecule has 2 rings (SSSR count). The number of nitrogens with zero attached hydrogens (tertiary/aromatic N) is 3. The molecule has 0 radical (unpaired) electrons. The fourth-order valence-electron chi connectivity index (χ4n) is 1.22. The minimum atomic E-state index is -1.09. The van der Waals surface area contributed by atoms with E-state index < -0.39 is 5.97 Å². The molecule has 82 valence electrons. The van der Waals surface area contributed by atoms with Crippen LogP contribution < -0.4 is 4.74 Å². The van der Waals surface area contributed by atoms with Gasteiger partial charge in [0.2, 0.25) is 0 Å². The summed E-state index contributed by atoms with van der Waals surface area (Å²) in [5.41, 5.74) is 0.477. The average Bonchev–Trinajstić information content (AvgIpc) is 2.81. The number of carbonyl (C=O) groups is 1. The Morgan fingerprint density at radius 3 is 2.88 bits per heavy atom. The molecular weight excluding hydrogens is 212 g/mol. The number of nitrogens with one attached hydrogen (secondary N) is 1. The monoisotopic (exact) mass is 220 g/mol. The smallest absolute Gasteiger partial charge is 0.341 e. The lowest BCUT2D eigenvalue weighted by Gasteiger charge is -2.05. The molecule has 7 nitrogen and oxygen atoms in total. The summed E-state index contributed by atoms with van der Waals surface area (Å²) in [6.45, 7) is 0. The van der Waals surface area contributed by atoms with Crippen molar-refractivity contribution >= 4 is 5.97 Å². The number of carboxylic acids is 1. The number of rotatable bonds is 3. The number of methoxy groups -OCH3 is 1. The molecule has 2 N–H and O–H groups in total. The first-order valence-corrected chi connectivity index (χ1v) is 4.35. The molecule has 0 bridgehead atoms. The molecule has 0 aliphatic heterocycles. The van der Waals surface area contributed by atoms with Crippen LogP contribution in [0, 0.1) is 0 Å². The molecule has 7 heteroatoms. The van der Waals surface area contributed by atoms with Gasteiger partial charge >= 0.3 is 5.97 Å². The van der Waals surface area contributed by atoms with E-state index in [9.17, 15) is 4.79 Å².